The molecule has 2 aromatic rings. The van der Waals surface area contributed by atoms with Crippen LogP contribution in [0.2, 0.25) is 0 Å². The number of nitrogens with zero attached hydrogens (tertiary/aromatic N) is 2. The zero-order valence-electron chi connectivity index (χ0n) is 22.0. The summed E-state index contributed by atoms with van der Waals surface area (Å²) in [7, 11) is 0. The number of carbonyl (C=O) groups excluding carboxylic acids is 4. The fourth-order valence-electron chi connectivity index (χ4n) is 4.98. The van der Waals surface area contributed by atoms with E-state index >= 15 is 0 Å². The normalized spacial score (nSPS) is 16.2. The third kappa shape index (κ3) is 7.91. The van der Waals surface area contributed by atoms with Crippen LogP contribution in [0.15, 0.2) is 48.5 Å². The van der Waals surface area contributed by atoms with E-state index in [1.54, 1.807) is 48.5 Å². The molecule has 0 atom stereocenters. The molecule has 0 radical (unpaired) electrons. The van der Waals surface area contributed by atoms with Gasteiger partial charge in [-0.25, -0.2) is 0 Å². The minimum absolute atomic E-state index is 0.0285. The van der Waals surface area contributed by atoms with E-state index in [-0.39, 0.29) is 36.5 Å². The van der Waals surface area contributed by atoms with Crippen LogP contribution in [0.3, 0.4) is 0 Å². The molecule has 0 bridgehead atoms. The number of likely N-dealkylation sites (tertiary alicyclic amines) is 2. The van der Waals surface area contributed by atoms with Crippen LogP contribution in [0, 0.1) is 0 Å². The van der Waals surface area contributed by atoms with Crippen molar-refractivity contribution in [3.63, 3.8) is 0 Å². The molecule has 2 fully saturated rings. The molecule has 8 heteroatoms. The van der Waals surface area contributed by atoms with E-state index in [1.807, 2.05) is 9.80 Å². The highest BCUT2D eigenvalue weighted by Crippen LogP contribution is 2.18. The Morgan fingerprint density at radius 2 is 0.816 bits per heavy atom. The lowest BCUT2D eigenvalue weighted by molar-refractivity contribution is -0.121. The SMILES string of the molecule is O=C(CCC(=O)Nc1ccc(C(=O)N2CCCCCC2)cc1)Nc1ccc(C(=O)N2CCCCCC2)cc1. The maximum Gasteiger partial charge on any atom is 0.253 e. The van der Waals surface area contributed by atoms with Gasteiger partial charge in [0.15, 0.2) is 0 Å². The molecule has 8 nitrogen and oxygen atoms in total. The third-order valence-electron chi connectivity index (χ3n) is 7.20. The maximum atomic E-state index is 12.7. The van der Waals surface area contributed by atoms with Gasteiger partial charge in [0.05, 0.1) is 0 Å². The number of amides is 4. The Morgan fingerprint density at radius 1 is 0.500 bits per heavy atom. The van der Waals surface area contributed by atoms with Crippen LogP contribution in [0.4, 0.5) is 11.4 Å². The Labute approximate surface area is 224 Å². The second-order valence-electron chi connectivity index (χ2n) is 10.2. The molecule has 0 saturated carbocycles. The predicted octanol–water partition coefficient (Wildman–Crippen LogP) is 5.08. The highest BCUT2D eigenvalue weighted by Gasteiger charge is 2.18. The minimum Gasteiger partial charge on any atom is -0.339 e. The first-order chi connectivity index (χ1) is 18.5. The van der Waals surface area contributed by atoms with Gasteiger partial charge < -0.3 is 20.4 Å². The monoisotopic (exact) mass is 518 g/mol. The van der Waals surface area contributed by atoms with E-state index in [9.17, 15) is 19.2 Å². The van der Waals surface area contributed by atoms with Crippen LogP contribution < -0.4 is 10.6 Å². The molecule has 2 aromatic carbocycles. The smallest absolute Gasteiger partial charge is 0.253 e. The van der Waals surface area contributed by atoms with Crippen molar-refractivity contribution < 1.29 is 19.2 Å². The Kier molecular flexibility index (Phi) is 9.90. The van der Waals surface area contributed by atoms with Crippen molar-refractivity contribution in [2.24, 2.45) is 0 Å². The van der Waals surface area contributed by atoms with Gasteiger partial charge in [0, 0.05) is 61.5 Å². The summed E-state index contributed by atoms with van der Waals surface area (Å²) in [6, 6.07) is 13.8. The van der Waals surface area contributed by atoms with Crippen LogP contribution in [0.1, 0.15) is 84.9 Å². The minimum atomic E-state index is -0.273. The largest absolute Gasteiger partial charge is 0.339 e. The quantitative estimate of drug-likeness (QED) is 0.534. The predicted molar refractivity (Wildman–Crippen MR) is 148 cm³/mol. The van der Waals surface area contributed by atoms with Gasteiger partial charge in [-0.05, 0) is 74.2 Å². The number of hydrogen-bond donors (Lipinski definition) is 2. The Balaban J connectivity index is 1.20. The van der Waals surface area contributed by atoms with Crippen LogP contribution in [0.25, 0.3) is 0 Å². The molecule has 38 heavy (non-hydrogen) atoms. The Hall–Kier alpha value is -3.68. The van der Waals surface area contributed by atoms with E-state index in [2.05, 4.69) is 10.6 Å². The van der Waals surface area contributed by atoms with Crippen LogP contribution >= 0.6 is 0 Å². The van der Waals surface area contributed by atoms with Gasteiger partial charge in [0.2, 0.25) is 11.8 Å². The number of rotatable bonds is 7. The zero-order chi connectivity index (χ0) is 26.7. The summed E-state index contributed by atoms with van der Waals surface area (Å²) in [6.45, 7) is 3.17. The molecule has 202 valence electrons. The van der Waals surface area contributed by atoms with E-state index in [0.717, 1.165) is 51.9 Å². The van der Waals surface area contributed by atoms with Crippen molar-refractivity contribution in [1.82, 2.24) is 9.80 Å². The number of nitrogens with one attached hydrogen (secondary N) is 2. The van der Waals surface area contributed by atoms with Gasteiger partial charge >= 0.3 is 0 Å². The van der Waals surface area contributed by atoms with Crippen LogP contribution in [-0.2, 0) is 9.59 Å². The molecule has 0 aromatic heterocycles. The van der Waals surface area contributed by atoms with Crippen molar-refractivity contribution in [1.29, 1.82) is 0 Å². The molecule has 0 aliphatic carbocycles. The molecule has 2 saturated heterocycles. The van der Waals surface area contributed by atoms with E-state index in [0.29, 0.717) is 22.5 Å². The summed E-state index contributed by atoms with van der Waals surface area (Å²) in [5.41, 5.74) is 2.41. The molecule has 2 heterocycles. The summed E-state index contributed by atoms with van der Waals surface area (Å²) >= 11 is 0. The summed E-state index contributed by atoms with van der Waals surface area (Å²) in [5, 5.41) is 5.57. The Bertz CT molecular complexity index is 1010. The van der Waals surface area contributed by atoms with Gasteiger partial charge in [-0.15, -0.1) is 0 Å². The average Bonchev–Trinajstić information content (AvgIpc) is 3.38. The lowest BCUT2D eigenvalue weighted by Gasteiger charge is -2.20. The van der Waals surface area contributed by atoms with Crippen molar-refractivity contribution in [3.8, 4) is 0 Å². The van der Waals surface area contributed by atoms with Crippen molar-refractivity contribution in [3.05, 3.63) is 59.7 Å². The summed E-state index contributed by atoms with van der Waals surface area (Å²) < 4.78 is 0. The maximum absolute atomic E-state index is 12.7. The van der Waals surface area contributed by atoms with E-state index in [1.165, 1.54) is 25.7 Å². The van der Waals surface area contributed by atoms with Gasteiger partial charge in [0.1, 0.15) is 0 Å². The highest BCUT2D eigenvalue weighted by atomic mass is 16.2. The van der Waals surface area contributed by atoms with Crippen molar-refractivity contribution in [2.75, 3.05) is 36.8 Å². The average molecular weight is 519 g/mol. The molecule has 4 amide bonds. The second-order valence-corrected chi connectivity index (χ2v) is 10.2. The topological polar surface area (TPSA) is 98.8 Å². The highest BCUT2D eigenvalue weighted by molar-refractivity contribution is 5.99. The number of benzene rings is 2. The van der Waals surface area contributed by atoms with Crippen molar-refractivity contribution in [2.45, 2.75) is 64.2 Å². The number of anilines is 2. The molecular weight excluding hydrogens is 480 g/mol. The lowest BCUT2D eigenvalue weighted by Crippen LogP contribution is -2.31. The Morgan fingerprint density at radius 3 is 1.13 bits per heavy atom. The second kappa shape index (κ2) is 13.7. The first-order valence-electron chi connectivity index (χ1n) is 13.9. The standard InChI is InChI=1S/C30H38N4O4/c35-27(31-25-13-9-23(10-14-25)29(37)33-19-5-1-2-6-20-33)17-18-28(36)32-26-15-11-24(12-16-26)30(38)34-21-7-3-4-8-22-34/h9-16H,1-8,17-22H2,(H,31,35)(H,32,36). The molecular formula is C30H38N4O4. The third-order valence-corrected chi connectivity index (χ3v) is 7.20. The van der Waals surface area contributed by atoms with Crippen LogP contribution in [-0.4, -0.2) is 59.6 Å². The molecule has 0 unspecified atom stereocenters. The lowest BCUT2D eigenvalue weighted by atomic mass is 10.1. The zero-order valence-corrected chi connectivity index (χ0v) is 22.0. The number of hydrogen-bond acceptors (Lipinski definition) is 4. The molecule has 2 N–H and O–H groups in total. The molecule has 2 aliphatic heterocycles. The molecule has 4 rings (SSSR count). The van der Waals surface area contributed by atoms with Gasteiger partial charge in [-0.2, -0.15) is 0 Å². The molecule has 2 aliphatic rings. The first kappa shape index (κ1) is 27.4. The fraction of sp³-hybridized carbons (Fsp3) is 0.467. The first-order valence-corrected chi connectivity index (χ1v) is 13.9. The van der Waals surface area contributed by atoms with Gasteiger partial charge in [-0.1, -0.05) is 25.7 Å². The summed E-state index contributed by atoms with van der Waals surface area (Å²) in [6.07, 6.45) is 8.88. The summed E-state index contributed by atoms with van der Waals surface area (Å²) in [5.74, 6) is -0.489. The number of carbonyl (C=O) groups is 4. The fourth-order valence-corrected chi connectivity index (χ4v) is 4.98. The van der Waals surface area contributed by atoms with E-state index < -0.39 is 0 Å². The van der Waals surface area contributed by atoms with Crippen LogP contribution in [0.5, 0.6) is 0 Å². The van der Waals surface area contributed by atoms with Gasteiger partial charge in [0.25, 0.3) is 11.8 Å². The van der Waals surface area contributed by atoms with Gasteiger partial charge in [-0.3, -0.25) is 19.2 Å². The molecule has 0 spiro atoms. The van der Waals surface area contributed by atoms with Crippen molar-refractivity contribution >= 4 is 35.0 Å². The van der Waals surface area contributed by atoms with E-state index in [4.69, 9.17) is 0 Å². The summed E-state index contributed by atoms with van der Waals surface area (Å²) in [4.78, 5) is 54.0.